The lowest BCUT2D eigenvalue weighted by Gasteiger charge is -2.30. The molecule has 0 N–H and O–H groups in total. The maximum Gasteiger partial charge on any atom is 0.253 e. The van der Waals surface area contributed by atoms with E-state index in [1.54, 1.807) is 12.1 Å². The molecule has 0 unspecified atom stereocenters. The van der Waals surface area contributed by atoms with E-state index in [0.29, 0.717) is 11.5 Å². The Morgan fingerprint density at radius 1 is 0.958 bits per heavy atom. The summed E-state index contributed by atoms with van der Waals surface area (Å²) in [5.41, 5.74) is 2.30. The summed E-state index contributed by atoms with van der Waals surface area (Å²) in [7, 11) is 0. The van der Waals surface area contributed by atoms with Crippen molar-refractivity contribution in [2.24, 2.45) is 5.92 Å². The van der Waals surface area contributed by atoms with Gasteiger partial charge in [0, 0.05) is 29.8 Å². The second-order valence-electron chi connectivity index (χ2n) is 6.31. The molecule has 0 saturated carbocycles. The molecular weight excluding hydrogens is 301 g/mol. The number of benzene rings is 2. The van der Waals surface area contributed by atoms with E-state index in [1.807, 2.05) is 29.2 Å². The van der Waals surface area contributed by atoms with Crippen molar-refractivity contribution in [1.82, 2.24) is 4.90 Å². The van der Waals surface area contributed by atoms with E-state index < -0.39 is 0 Å². The molecule has 0 aromatic heterocycles. The van der Waals surface area contributed by atoms with Gasteiger partial charge in [-0.25, -0.2) is 4.39 Å². The predicted molar refractivity (Wildman–Crippen MR) is 93.1 cm³/mol. The van der Waals surface area contributed by atoms with Crippen molar-refractivity contribution in [3.8, 4) is 11.8 Å². The molecule has 1 saturated heterocycles. The normalized spacial score (nSPS) is 14.8. The molecule has 1 amide bonds. The molecule has 2 aromatic rings. The number of halogens is 1. The molecule has 24 heavy (non-hydrogen) atoms. The third-order valence-electron chi connectivity index (χ3n) is 4.40. The third kappa shape index (κ3) is 4.02. The maximum atomic E-state index is 12.9. The number of rotatable bonds is 1. The Hall–Kier alpha value is -2.60. The van der Waals surface area contributed by atoms with Gasteiger partial charge in [-0.15, -0.1) is 0 Å². The molecule has 0 bridgehead atoms. The molecule has 1 aliphatic rings. The van der Waals surface area contributed by atoms with Gasteiger partial charge in [0.1, 0.15) is 5.82 Å². The molecule has 1 heterocycles. The fourth-order valence-electron chi connectivity index (χ4n) is 2.77. The first-order valence-electron chi connectivity index (χ1n) is 8.29. The molecule has 3 heteroatoms. The number of hydrogen-bond donors (Lipinski definition) is 0. The number of nitrogens with zero attached hydrogens (tertiary/aromatic N) is 1. The minimum atomic E-state index is -0.268. The van der Waals surface area contributed by atoms with Crippen molar-refractivity contribution in [3.05, 3.63) is 71.0 Å². The van der Waals surface area contributed by atoms with Gasteiger partial charge in [0.2, 0.25) is 0 Å². The van der Waals surface area contributed by atoms with E-state index in [4.69, 9.17) is 0 Å². The van der Waals surface area contributed by atoms with Crippen LogP contribution in [0.25, 0.3) is 0 Å². The van der Waals surface area contributed by atoms with Crippen LogP contribution < -0.4 is 0 Å². The average Bonchev–Trinajstić information content (AvgIpc) is 2.62. The van der Waals surface area contributed by atoms with Crippen LogP contribution in [-0.4, -0.2) is 23.9 Å². The van der Waals surface area contributed by atoms with Crippen molar-refractivity contribution < 1.29 is 9.18 Å². The van der Waals surface area contributed by atoms with Crippen LogP contribution in [-0.2, 0) is 0 Å². The van der Waals surface area contributed by atoms with Crippen LogP contribution in [0.3, 0.4) is 0 Å². The highest BCUT2D eigenvalue weighted by molar-refractivity contribution is 5.94. The van der Waals surface area contributed by atoms with Crippen LogP contribution in [0.5, 0.6) is 0 Å². The Kier molecular flexibility index (Phi) is 4.96. The Balaban J connectivity index is 1.67. The zero-order valence-corrected chi connectivity index (χ0v) is 13.8. The van der Waals surface area contributed by atoms with Gasteiger partial charge in [-0.3, -0.25) is 4.79 Å². The number of carbonyl (C=O) groups excluding carboxylic acids is 1. The standard InChI is InChI=1S/C21H20FNO/c1-16-12-14-23(15-13-16)21(24)19-8-4-17(5-9-19)2-3-18-6-10-20(22)11-7-18/h4-11,16H,12-15H2,1H3. The van der Waals surface area contributed by atoms with Crippen LogP contribution in [0.2, 0.25) is 0 Å². The fraction of sp³-hybridized carbons (Fsp3) is 0.286. The van der Waals surface area contributed by atoms with E-state index in [-0.39, 0.29) is 11.7 Å². The molecule has 0 radical (unpaired) electrons. The summed E-state index contributed by atoms with van der Waals surface area (Å²) in [6.45, 7) is 3.91. The SMILES string of the molecule is CC1CCN(C(=O)c2ccc(C#Cc3ccc(F)cc3)cc2)CC1. The molecule has 1 fully saturated rings. The zero-order valence-electron chi connectivity index (χ0n) is 13.8. The Bertz CT molecular complexity index is 760. The average molecular weight is 321 g/mol. The van der Waals surface area contributed by atoms with E-state index in [0.717, 1.165) is 37.1 Å². The number of amides is 1. The second-order valence-corrected chi connectivity index (χ2v) is 6.31. The fourth-order valence-corrected chi connectivity index (χ4v) is 2.77. The van der Waals surface area contributed by atoms with E-state index in [2.05, 4.69) is 18.8 Å². The first-order chi connectivity index (χ1) is 11.6. The Morgan fingerprint density at radius 2 is 1.46 bits per heavy atom. The number of hydrogen-bond acceptors (Lipinski definition) is 1. The summed E-state index contributed by atoms with van der Waals surface area (Å²) in [6, 6.07) is 13.5. The number of carbonyl (C=O) groups is 1. The Labute approximate surface area is 142 Å². The van der Waals surface area contributed by atoms with Crippen LogP contribution in [0.1, 0.15) is 41.3 Å². The monoisotopic (exact) mass is 321 g/mol. The van der Waals surface area contributed by atoms with Crippen LogP contribution >= 0.6 is 0 Å². The smallest absolute Gasteiger partial charge is 0.253 e. The summed E-state index contributed by atoms with van der Waals surface area (Å²) in [5.74, 6) is 6.56. The lowest BCUT2D eigenvalue weighted by atomic mass is 9.98. The van der Waals surface area contributed by atoms with Gasteiger partial charge in [0.25, 0.3) is 5.91 Å². The summed E-state index contributed by atoms with van der Waals surface area (Å²) >= 11 is 0. The van der Waals surface area contributed by atoms with Crippen molar-refractivity contribution in [2.75, 3.05) is 13.1 Å². The van der Waals surface area contributed by atoms with E-state index in [9.17, 15) is 9.18 Å². The van der Waals surface area contributed by atoms with Crippen molar-refractivity contribution in [2.45, 2.75) is 19.8 Å². The lowest BCUT2D eigenvalue weighted by molar-refractivity contribution is 0.0697. The quantitative estimate of drug-likeness (QED) is 0.724. The largest absolute Gasteiger partial charge is 0.339 e. The molecular formula is C21H20FNO. The molecule has 3 rings (SSSR count). The topological polar surface area (TPSA) is 20.3 Å². The van der Waals surface area contributed by atoms with Gasteiger partial charge >= 0.3 is 0 Å². The predicted octanol–water partition coefficient (Wildman–Crippen LogP) is 4.10. The molecule has 0 spiro atoms. The molecule has 2 aromatic carbocycles. The van der Waals surface area contributed by atoms with E-state index >= 15 is 0 Å². The number of piperidine rings is 1. The van der Waals surface area contributed by atoms with Gasteiger partial charge in [-0.2, -0.15) is 0 Å². The number of likely N-dealkylation sites (tertiary alicyclic amines) is 1. The van der Waals surface area contributed by atoms with Crippen molar-refractivity contribution >= 4 is 5.91 Å². The summed E-state index contributed by atoms with van der Waals surface area (Å²) in [4.78, 5) is 14.4. The highest BCUT2D eigenvalue weighted by Crippen LogP contribution is 2.18. The molecule has 1 aliphatic heterocycles. The molecule has 0 atom stereocenters. The molecule has 2 nitrogen and oxygen atoms in total. The van der Waals surface area contributed by atoms with Gasteiger partial charge < -0.3 is 4.90 Å². The van der Waals surface area contributed by atoms with E-state index in [1.165, 1.54) is 12.1 Å². The summed E-state index contributed by atoms with van der Waals surface area (Å²) in [5, 5.41) is 0. The lowest BCUT2D eigenvalue weighted by Crippen LogP contribution is -2.37. The van der Waals surface area contributed by atoms with Gasteiger partial charge in [0.15, 0.2) is 0 Å². The summed E-state index contributed by atoms with van der Waals surface area (Å²) in [6.07, 6.45) is 2.15. The first-order valence-corrected chi connectivity index (χ1v) is 8.29. The van der Waals surface area contributed by atoms with Gasteiger partial charge in [-0.05, 0) is 67.3 Å². The zero-order chi connectivity index (χ0) is 16.9. The van der Waals surface area contributed by atoms with Crippen LogP contribution in [0, 0.1) is 23.6 Å². The molecule has 122 valence electrons. The Morgan fingerprint density at radius 3 is 2.00 bits per heavy atom. The van der Waals surface area contributed by atoms with Gasteiger partial charge in [0.05, 0.1) is 0 Å². The van der Waals surface area contributed by atoms with Crippen molar-refractivity contribution in [3.63, 3.8) is 0 Å². The van der Waals surface area contributed by atoms with Crippen molar-refractivity contribution in [1.29, 1.82) is 0 Å². The highest BCUT2D eigenvalue weighted by atomic mass is 19.1. The highest BCUT2D eigenvalue weighted by Gasteiger charge is 2.21. The minimum Gasteiger partial charge on any atom is -0.339 e. The molecule has 0 aliphatic carbocycles. The third-order valence-corrected chi connectivity index (χ3v) is 4.40. The van der Waals surface area contributed by atoms with Gasteiger partial charge in [-0.1, -0.05) is 18.8 Å². The minimum absolute atomic E-state index is 0.0972. The van der Waals surface area contributed by atoms with Crippen LogP contribution in [0.15, 0.2) is 48.5 Å². The first kappa shape index (κ1) is 16.3. The second kappa shape index (κ2) is 7.31. The summed E-state index contributed by atoms with van der Waals surface area (Å²) < 4.78 is 12.9. The van der Waals surface area contributed by atoms with Crippen LogP contribution in [0.4, 0.5) is 4.39 Å². The maximum absolute atomic E-state index is 12.9.